The van der Waals surface area contributed by atoms with Crippen LogP contribution in [0.4, 0.5) is 10.1 Å². The molecule has 0 aliphatic heterocycles. The molecule has 0 aliphatic rings. The average Bonchev–Trinajstić information content (AvgIpc) is 2.61. The summed E-state index contributed by atoms with van der Waals surface area (Å²) in [6.45, 7) is 3.65. The molecule has 2 rings (SSSR count). The van der Waals surface area contributed by atoms with Crippen LogP contribution in [0.3, 0.4) is 0 Å². The fraction of sp³-hybridized carbons (Fsp3) is 0.263. The molecule has 2 aromatic rings. The lowest BCUT2D eigenvalue weighted by molar-refractivity contribution is -0.118. The van der Waals surface area contributed by atoms with Crippen molar-refractivity contribution < 1.29 is 18.7 Å². The van der Waals surface area contributed by atoms with Crippen LogP contribution in [0, 0.1) is 5.82 Å². The normalized spacial score (nSPS) is 11.5. The molecular weight excluding hydrogens is 323 g/mol. The Morgan fingerprint density at radius 1 is 1.12 bits per heavy atom. The first kappa shape index (κ1) is 18.4. The van der Waals surface area contributed by atoms with Gasteiger partial charge in [-0.2, -0.15) is 0 Å². The van der Waals surface area contributed by atoms with Crippen LogP contribution in [-0.2, 0) is 4.79 Å². The minimum atomic E-state index is -0.409. The molecule has 0 aromatic heterocycles. The van der Waals surface area contributed by atoms with E-state index in [-0.39, 0.29) is 24.4 Å². The van der Waals surface area contributed by atoms with E-state index in [1.54, 1.807) is 24.3 Å². The van der Waals surface area contributed by atoms with Crippen molar-refractivity contribution in [2.45, 2.75) is 26.3 Å². The highest BCUT2D eigenvalue weighted by Gasteiger charge is 2.14. The number of ether oxygens (including phenoxy) is 1. The van der Waals surface area contributed by atoms with Gasteiger partial charge in [-0.15, -0.1) is 0 Å². The summed E-state index contributed by atoms with van der Waals surface area (Å²) in [5.41, 5.74) is 0.800. The lowest BCUT2D eigenvalue weighted by Gasteiger charge is -2.14. The first-order chi connectivity index (χ1) is 12.0. The van der Waals surface area contributed by atoms with Gasteiger partial charge in [-0.25, -0.2) is 4.39 Å². The van der Waals surface area contributed by atoms with E-state index in [0.717, 1.165) is 6.42 Å². The number of carbonyl (C=O) groups is 2. The molecule has 25 heavy (non-hydrogen) atoms. The Labute approximate surface area is 146 Å². The maximum atomic E-state index is 12.8. The van der Waals surface area contributed by atoms with Crippen LogP contribution in [0.15, 0.2) is 48.5 Å². The average molecular weight is 344 g/mol. The number of benzene rings is 2. The quantitative estimate of drug-likeness (QED) is 0.809. The molecule has 0 radical (unpaired) electrons. The second-order valence-electron chi connectivity index (χ2n) is 5.62. The van der Waals surface area contributed by atoms with Crippen LogP contribution in [-0.4, -0.2) is 24.5 Å². The van der Waals surface area contributed by atoms with E-state index in [1.165, 1.54) is 24.3 Å². The number of hydrogen-bond donors (Lipinski definition) is 2. The zero-order chi connectivity index (χ0) is 18.2. The van der Waals surface area contributed by atoms with Gasteiger partial charge in [0.1, 0.15) is 11.6 Å². The maximum absolute atomic E-state index is 12.8. The van der Waals surface area contributed by atoms with Gasteiger partial charge in [0.05, 0.1) is 11.3 Å². The van der Waals surface area contributed by atoms with Gasteiger partial charge in [0.25, 0.3) is 11.8 Å². The second-order valence-corrected chi connectivity index (χ2v) is 5.62. The van der Waals surface area contributed by atoms with Crippen molar-refractivity contribution in [2.24, 2.45) is 0 Å². The van der Waals surface area contributed by atoms with Crippen LogP contribution in [0.1, 0.15) is 30.6 Å². The van der Waals surface area contributed by atoms with Gasteiger partial charge in [0.2, 0.25) is 0 Å². The third-order valence-corrected chi connectivity index (χ3v) is 3.62. The number of rotatable bonds is 7. The van der Waals surface area contributed by atoms with Gasteiger partial charge in [-0.05, 0) is 49.7 Å². The Morgan fingerprint density at radius 2 is 1.80 bits per heavy atom. The van der Waals surface area contributed by atoms with Crippen molar-refractivity contribution in [3.63, 3.8) is 0 Å². The van der Waals surface area contributed by atoms with E-state index in [2.05, 4.69) is 10.6 Å². The van der Waals surface area contributed by atoms with E-state index < -0.39 is 5.91 Å². The van der Waals surface area contributed by atoms with Crippen LogP contribution in [0.5, 0.6) is 5.75 Å². The Balaban J connectivity index is 1.98. The molecular formula is C19H21FN2O3. The largest absolute Gasteiger partial charge is 0.484 e. The van der Waals surface area contributed by atoms with Crippen molar-refractivity contribution in [1.29, 1.82) is 0 Å². The second kappa shape index (κ2) is 8.82. The van der Waals surface area contributed by atoms with Gasteiger partial charge in [-0.1, -0.05) is 19.1 Å². The van der Waals surface area contributed by atoms with Crippen LogP contribution >= 0.6 is 0 Å². The standard InChI is InChI=1S/C19H21FN2O3/c1-3-13(2)21-19(24)16-6-4-5-7-17(16)22-18(23)12-25-15-10-8-14(20)9-11-15/h4-11,13H,3,12H2,1-2H3,(H,21,24)(H,22,23)/t13-/m1/s1. The zero-order valence-corrected chi connectivity index (χ0v) is 14.2. The van der Waals surface area contributed by atoms with E-state index in [4.69, 9.17) is 4.74 Å². The third-order valence-electron chi connectivity index (χ3n) is 3.62. The summed E-state index contributed by atoms with van der Waals surface area (Å²) >= 11 is 0. The van der Waals surface area contributed by atoms with E-state index >= 15 is 0 Å². The molecule has 6 heteroatoms. The van der Waals surface area contributed by atoms with E-state index in [0.29, 0.717) is 17.0 Å². The molecule has 2 amide bonds. The third kappa shape index (κ3) is 5.60. The number of carbonyl (C=O) groups excluding carboxylic acids is 2. The number of amides is 2. The Bertz CT molecular complexity index is 732. The van der Waals surface area contributed by atoms with E-state index in [1.807, 2.05) is 13.8 Å². The molecule has 0 unspecified atom stereocenters. The van der Waals surface area contributed by atoms with Crippen LogP contribution in [0.25, 0.3) is 0 Å². The molecule has 5 nitrogen and oxygen atoms in total. The summed E-state index contributed by atoms with van der Waals surface area (Å²) in [5, 5.41) is 5.53. The highest BCUT2D eigenvalue weighted by Crippen LogP contribution is 2.16. The molecule has 0 spiro atoms. The number of para-hydroxylation sites is 1. The molecule has 0 aliphatic carbocycles. The number of halogens is 1. The summed E-state index contributed by atoms with van der Waals surface area (Å²) in [6.07, 6.45) is 0.811. The van der Waals surface area contributed by atoms with Crippen molar-refractivity contribution >= 4 is 17.5 Å². The van der Waals surface area contributed by atoms with Crippen LogP contribution in [0.2, 0.25) is 0 Å². The van der Waals surface area contributed by atoms with Crippen molar-refractivity contribution in [3.8, 4) is 5.75 Å². The molecule has 0 bridgehead atoms. The van der Waals surface area contributed by atoms with Gasteiger partial charge >= 0.3 is 0 Å². The monoisotopic (exact) mass is 344 g/mol. The summed E-state index contributed by atoms with van der Waals surface area (Å²) in [6, 6.07) is 12.2. The van der Waals surface area contributed by atoms with Gasteiger partial charge in [0, 0.05) is 6.04 Å². The topological polar surface area (TPSA) is 67.4 Å². The molecule has 0 saturated heterocycles. The predicted molar refractivity (Wildman–Crippen MR) is 94.2 cm³/mol. The first-order valence-corrected chi connectivity index (χ1v) is 8.07. The van der Waals surface area contributed by atoms with Crippen molar-refractivity contribution in [1.82, 2.24) is 5.32 Å². The minimum absolute atomic E-state index is 0.0399. The Kier molecular flexibility index (Phi) is 6.51. The lowest BCUT2D eigenvalue weighted by atomic mass is 10.1. The van der Waals surface area contributed by atoms with Crippen molar-refractivity contribution in [3.05, 3.63) is 59.9 Å². The van der Waals surface area contributed by atoms with Gasteiger partial charge in [-0.3, -0.25) is 9.59 Å². The molecule has 0 saturated carbocycles. The number of anilines is 1. The molecule has 0 heterocycles. The summed E-state index contributed by atoms with van der Waals surface area (Å²) in [4.78, 5) is 24.4. The minimum Gasteiger partial charge on any atom is -0.484 e. The van der Waals surface area contributed by atoms with Crippen LogP contribution < -0.4 is 15.4 Å². The maximum Gasteiger partial charge on any atom is 0.262 e. The number of hydrogen-bond acceptors (Lipinski definition) is 3. The van der Waals surface area contributed by atoms with Gasteiger partial charge in [0.15, 0.2) is 6.61 Å². The van der Waals surface area contributed by atoms with Gasteiger partial charge < -0.3 is 15.4 Å². The fourth-order valence-corrected chi connectivity index (χ4v) is 2.06. The zero-order valence-electron chi connectivity index (χ0n) is 14.2. The number of nitrogens with one attached hydrogen (secondary N) is 2. The first-order valence-electron chi connectivity index (χ1n) is 8.07. The summed E-state index contributed by atoms with van der Waals surface area (Å²) < 4.78 is 18.1. The Morgan fingerprint density at radius 3 is 2.48 bits per heavy atom. The summed E-state index contributed by atoms with van der Waals surface area (Å²) in [7, 11) is 0. The predicted octanol–water partition coefficient (Wildman–Crippen LogP) is 3.37. The molecule has 2 aromatic carbocycles. The SMILES string of the molecule is CC[C@@H](C)NC(=O)c1ccccc1NC(=O)COc1ccc(F)cc1. The molecule has 132 valence electrons. The van der Waals surface area contributed by atoms with Crippen molar-refractivity contribution in [2.75, 3.05) is 11.9 Å². The Hall–Kier alpha value is -2.89. The van der Waals surface area contributed by atoms with E-state index in [9.17, 15) is 14.0 Å². The fourth-order valence-electron chi connectivity index (χ4n) is 2.06. The lowest BCUT2D eigenvalue weighted by Crippen LogP contribution is -2.33. The molecule has 1 atom stereocenters. The summed E-state index contributed by atoms with van der Waals surface area (Å²) in [5.74, 6) is -0.643. The highest BCUT2D eigenvalue weighted by atomic mass is 19.1. The highest BCUT2D eigenvalue weighted by molar-refractivity contribution is 6.04. The smallest absolute Gasteiger partial charge is 0.262 e. The molecule has 0 fully saturated rings. The molecule has 2 N–H and O–H groups in total.